The Morgan fingerprint density at radius 3 is 2.89 bits per heavy atom. The molecular weight excluding hydrogens is 268 g/mol. The van der Waals surface area contributed by atoms with Crippen LogP contribution in [-0.4, -0.2) is 14.8 Å². The van der Waals surface area contributed by atoms with Crippen LogP contribution >= 0.6 is 23.4 Å². The van der Waals surface area contributed by atoms with Crippen molar-refractivity contribution in [2.75, 3.05) is 5.73 Å². The number of rotatable bonds is 4. The van der Waals surface area contributed by atoms with Crippen molar-refractivity contribution in [3.8, 4) is 0 Å². The molecule has 0 unspecified atom stereocenters. The molecule has 4 nitrogen and oxygen atoms in total. The maximum absolute atomic E-state index is 5.91. The van der Waals surface area contributed by atoms with Gasteiger partial charge in [-0.05, 0) is 32.0 Å². The van der Waals surface area contributed by atoms with Crippen LogP contribution < -0.4 is 5.73 Å². The average molecular weight is 283 g/mol. The Balaban J connectivity index is 2.09. The second-order valence-electron chi connectivity index (χ2n) is 4.19. The van der Waals surface area contributed by atoms with Gasteiger partial charge < -0.3 is 5.73 Å². The van der Waals surface area contributed by atoms with E-state index >= 15 is 0 Å². The van der Waals surface area contributed by atoms with Gasteiger partial charge in [0.25, 0.3) is 0 Å². The molecule has 96 valence electrons. The van der Waals surface area contributed by atoms with Gasteiger partial charge in [0.1, 0.15) is 12.2 Å². The summed E-state index contributed by atoms with van der Waals surface area (Å²) in [5.74, 6) is 1.69. The molecule has 2 aromatic rings. The van der Waals surface area contributed by atoms with Crippen LogP contribution in [0, 0.1) is 0 Å². The van der Waals surface area contributed by atoms with Gasteiger partial charge in [0.05, 0.1) is 5.75 Å². The molecule has 2 rings (SSSR count). The highest BCUT2D eigenvalue weighted by Gasteiger charge is 2.09. The molecule has 0 radical (unpaired) electrons. The standard InChI is InChI=1S/C12H15ClN4S/c1-8(2)17-12(15-7-16-17)6-18-11-4-3-9(13)5-10(11)14/h3-5,7-8H,6,14H2,1-2H3. The Hall–Kier alpha value is -1.20. The Labute approximate surface area is 116 Å². The fourth-order valence-electron chi connectivity index (χ4n) is 1.60. The van der Waals surface area contributed by atoms with Crippen molar-refractivity contribution in [2.45, 2.75) is 30.5 Å². The summed E-state index contributed by atoms with van der Waals surface area (Å²) in [5.41, 5.74) is 6.61. The highest BCUT2D eigenvalue weighted by molar-refractivity contribution is 7.98. The van der Waals surface area contributed by atoms with Gasteiger partial charge in [-0.3, -0.25) is 0 Å². The molecule has 6 heteroatoms. The number of benzene rings is 1. The van der Waals surface area contributed by atoms with E-state index in [0.717, 1.165) is 16.5 Å². The Bertz CT molecular complexity index is 539. The number of nitrogens with zero attached hydrogens (tertiary/aromatic N) is 3. The predicted molar refractivity (Wildman–Crippen MR) is 75.8 cm³/mol. The number of hydrogen-bond acceptors (Lipinski definition) is 4. The number of nitrogens with two attached hydrogens (primary N) is 1. The van der Waals surface area contributed by atoms with Crippen molar-refractivity contribution in [1.29, 1.82) is 0 Å². The van der Waals surface area contributed by atoms with Gasteiger partial charge in [-0.25, -0.2) is 9.67 Å². The van der Waals surface area contributed by atoms with Crippen molar-refractivity contribution >= 4 is 29.1 Å². The van der Waals surface area contributed by atoms with Gasteiger partial charge in [-0.15, -0.1) is 11.8 Å². The minimum atomic E-state index is 0.311. The van der Waals surface area contributed by atoms with E-state index in [1.54, 1.807) is 24.2 Å². The lowest BCUT2D eigenvalue weighted by atomic mass is 10.3. The van der Waals surface area contributed by atoms with E-state index in [1.807, 2.05) is 16.8 Å². The monoisotopic (exact) mass is 282 g/mol. The van der Waals surface area contributed by atoms with Crippen LogP contribution in [0.2, 0.25) is 5.02 Å². The zero-order chi connectivity index (χ0) is 13.1. The summed E-state index contributed by atoms with van der Waals surface area (Å²) in [6.07, 6.45) is 1.58. The zero-order valence-corrected chi connectivity index (χ0v) is 11.9. The highest BCUT2D eigenvalue weighted by atomic mass is 35.5. The van der Waals surface area contributed by atoms with Crippen molar-refractivity contribution < 1.29 is 0 Å². The molecule has 1 aromatic carbocycles. The van der Waals surface area contributed by atoms with Gasteiger partial charge in [-0.1, -0.05) is 11.6 Å². The van der Waals surface area contributed by atoms with Crippen LogP contribution in [0.5, 0.6) is 0 Å². The Morgan fingerprint density at radius 2 is 2.22 bits per heavy atom. The third-order valence-electron chi connectivity index (χ3n) is 2.46. The fourth-order valence-corrected chi connectivity index (χ4v) is 2.66. The fraction of sp³-hybridized carbons (Fsp3) is 0.333. The molecule has 18 heavy (non-hydrogen) atoms. The topological polar surface area (TPSA) is 56.7 Å². The molecule has 0 aliphatic heterocycles. The first-order valence-corrected chi connectivity index (χ1v) is 7.00. The van der Waals surface area contributed by atoms with E-state index in [1.165, 1.54) is 0 Å². The summed E-state index contributed by atoms with van der Waals surface area (Å²) in [5, 5.41) is 4.86. The molecule has 0 aliphatic rings. The molecule has 1 heterocycles. The lowest BCUT2D eigenvalue weighted by molar-refractivity contribution is 0.514. The normalized spacial score (nSPS) is 11.1. The molecule has 1 aromatic heterocycles. The summed E-state index contributed by atoms with van der Waals surface area (Å²) in [7, 11) is 0. The average Bonchev–Trinajstić information content (AvgIpc) is 2.76. The second kappa shape index (κ2) is 5.63. The van der Waals surface area contributed by atoms with Crippen LogP contribution in [0.3, 0.4) is 0 Å². The Kier molecular flexibility index (Phi) is 4.14. The Morgan fingerprint density at radius 1 is 1.44 bits per heavy atom. The largest absolute Gasteiger partial charge is 0.398 e. The van der Waals surface area contributed by atoms with Gasteiger partial charge in [0.2, 0.25) is 0 Å². The molecular formula is C12H15ClN4S. The maximum atomic E-state index is 5.91. The molecule has 0 bridgehead atoms. The van der Waals surface area contributed by atoms with E-state index in [9.17, 15) is 0 Å². The first kappa shape index (κ1) is 13.2. The molecule has 0 fully saturated rings. The molecule has 0 amide bonds. The van der Waals surface area contributed by atoms with Crippen LogP contribution in [-0.2, 0) is 5.75 Å². The van der Waals surface area contributed by atoms with E-state index in [-0.39, 0.29) is 0 Å². The number of anilines is 1. The van der Waals surface area contributed by atoms with Crippen molar-refractivity contribution in [2.24, 2.45) is 0 Å². The van der Waals surface area contributed by atoms with E-state index in [0.29, 0.717) is 16.8 Å². The summed E-state index contributed by atoms with van der Waals surface area (Å²) in [4.78, 5) is 5.28. The first-order chi connectivity index (χ1) is 8.58. The number of halogens is 1. The van der Waals surface area contributed by atoms with Gasteiger partial charge in [0.15, 0.2) is 0 Å². The summed E-state index contributed by atoms with van der Waals surface area (Å²) in [6, 6.07) is 5.84. The highest BCUT2D eigenvalue weighted by Crippen LogP contribution is 2.29. The maximum Gasteiger partial charge on any atom is 0.138 e. The molecule has 0 saturated heterocycles. The smallest absolute Gasteiger partial charge is 0.138 e. The van der Waals surface area contributed by atoms with Crippen LogP contribution in [0.4, 0.5) is 5.69 Å². The van der Waals surface area contributed by atoms with Crippen molar-refractivity contribution in [1.82, 2.24) is 14.8 Å². The van der Waals surface area contributed by atoms with Gasteiger partial charge in [-0.2, -0.15) is 5.10 Å². The third kappa shape index (κ3) is 2.97. The number of nitrogen functional groups attached to an aromatic ring is 1. The first-order valence-electron chi connectivity index (χ1n) is 5.64. The molecule has 0 saturated carbocycles. The van der Waals surface area contributed by atoms with Crippen molar-refractivity contribution in [3.05, 3.63) is 35.4 Å². The zero-order valence-electron chi connectivity index (χ0n) is 10.3. The van der Waals surface area contributed by atoms with Gasteiger partial charge in [0, 0.05) is 21.6 Å². The SMILES string of the molecule is CC(C)n1ncnc1CSc1ccc(Cl)cc1N. The van der Waals surface area contributed by atoms with E-state index in [2.05, 4.69) is 23.9 Å². The molecule has 0 aliphatic carbocycles. The summed E-state index contributed by atoms with van der Waals surface area (Å²) < 4.78 is 1.92. The number of thioether (sulfide) groups is 1. The van der Waals surface area contributed by atoms with Crippen LogP contribution in [0.25, 0.3) is 0 Å². The van der Waals surface area contributed by atoms with E-state index in [4.69, 9.17) is 17.3 Å². The quantitative estimate of drug-likeness (QED) is 0.690. The molecule has 0 atom stereocenters. The minimum absolute atomic E-state index is 0.311. The minimum Gasteiger partial charge on any atom is -0.398 e. The summed E-state index contributed by atoms with van der Waals surface area (Å²) >= 11 is 7.51. The lowest BCUT2D eigenvalue weighted by Gasteiger charge is -2.10. The second-order valence-corrected chi connectivity index (χ2v) is 5.64. The van der Waals surface area contributed by atoms with Crippen molar-refractivity contribution in [3.63, 3.8) is 0 Å². The molecule has 2 N–H and O–H groups in total. The third-order valence-corrected chi connectivity index (χ3v) is 3.79. The lowest BCUT2D eigenvalue weighted by Crippen LogP contribution is -2.07. The predicted octanol–water partition coefficient (Wildman–Crippen LogP) is 3.39. The molecule has 0 spiro atoms. The van der Waals surface area contributed by atoms with Crippen LogP contribution in [0.1, 0.15) is 25.7 Å². The van der Waals surface area contributed by atoms with Gasteiger partial charge >= 0.3 is 0 Å². The number of aromatic nitrogens is 3. The number of hydrogen-bond donors (Lipinski definition) is 1. The summed E-state index contributed by atoms with van der Waals surface area (Å²) in [6.45, 7) is 4.17. The van der Waals surface area contributed by atoms with Crippen LogP contribution in [0.15, 0.2) is 29.4 Å². The van der Waals surface area contributed by atoms with E-state index < -0.39 is 0 Å².